The molecule has 32 nitrogen and oxygen atoms in total. The maximum Gasteiger partial charge on any atom is 0.187 e. The molecule has 30 atom stereocenters. The summed E-state index contributed by atoms with van der Waals surface area (Å²) in [4.78, 5) is 0. The molecule has 0 bridgehead atoms. The molecular weight excluding hydrogens is 968 g/mol. The Morgan fingerprint density at radius 3 is 1.21 bits per heavy atom. The van der Waals surface area contributed by atoms with Crippen molar-refractivity contribution in [3.63, 3.8) is 0 Å². The number of hydrogen-bond acceptors (Lipinski definition) is 32. The van der Waals surface area contributed by atoms with Crippen molar-refractivity contribution in [2.45, 2.75) is 184 Å². The van der Waals surface area contributed by atoms with Crippen LogP contribution in [0.4, 0.5) is 0 Å². The molecule has 70 heavy (non-hydrogen) atoms. The summed E-state index contributed by atoms with van der Waals surface area (Å²) in [5, 5.41) is 209. The maximum absolute atomic E-state index is 11.6. The molecule has 0 aromatic rings. The van der Waals surface area contributed by atoms with Gasteiger partial charge in [0.15, 0.2) is 37.7 Å². The van der Waals surface area contributed by atoms with E-state index in [9.17, 15) is 102 Å². The van der Waals surface area contributed by atoms with Gasteiger partial charge in [-0.1, -0.05) is 0 Å². The third kappa shape index (κ3) is 12.7. The van der Waals surface area contributed by atoms with Crippen molar-refractivity contribution in [3.05, 3.63) is 0 Å². The van der Waals surface area contributed by atoms with Crippen LogP contribution in [0, 0.1) is 0 Å². The Bertz CT molecular complexity index is 1560. The first kappa shape index (κ1) is 58.0. The molecule has 0 aromatic carbocycles. The fourth-order valence-corrected chi connectivity index (χ4v) is 8.38. The Morgan fingerprint density at radius 1 is 0.386 bits per heavy atom. The van der Waals surface area contributed by atoms with E-state index < -0.39 is 237 Å². The number of ether oxygens (including phenoxy) is 12. The highest BCUT2D eigenvalue weighted by Crippen LogP contribution is 2.35. The van der Waals surface area contributed by atoms with E-state index in [1.807, 2.05) is 0 Å². The summed E-state index contributed by atoms with van der Waals surface area (Å²) in [6.07, 6.45) is -55.7. The van der Waals surface area contributed by atoms with Gasteiger partial charge in [-0.15, -0.1) is 0 Å². The minimum atomic E-state index is -2.28. The van der Waals surface area contributed by atoms with Crippen molar-refractivity contribution in [1.82, 2.24) is 0 Å². The largest absolute Gasteiger partial charge is 0.394 e. The Hall–Kier alpha value is -1.28. The molecule has 0 amide bonds. The van der Waals surface area contributed by atoms with Gasteiger partial charge in [-0.2, -0.15) is 0 Å². The zero-order chi connectivity index (χ0) is 51.5. The molecule has 6 heterocycles. The van der Waals surface area contributed by atoms with Crippen molar-refractivity contribution in [3.8, 4) is 0 Å². The summed E-state index contributed by atoms with van der Waals surface area (Å²) in [6.45, 7) is -6.61. The summed E-state index contributed by atoms with van der Waals surface area (Å²) >= 11 is 0. The predicted octanol–water partition coefficient (Wildman–Crippen LogP) is -14.1. The second-order valence-electron chi connectivity index (χ2n) is 17.5. The van der Waals surface area contributed by atoms with Gasteiger partial charge in [0.25, 0.3) is 0 Å². The highest BCUT2D eigenvalue weighted by Gasteiger charge is 2.55. The molecule has 32 heteroatoms. The molecule has 6 aliphatic heterocycles. The first-order chi connectivity index (χ1) is 33.2. The summed E-state index contributed by atoms with van der Waals surface area (Å²) in [5.41, 5.74) is 0. The Labute approximate surface area is 395 Å². The number of aliphatic hydroxyl groups is 20. The minimum absolute atomic E-state index is 0.554. The molecule has 6 rings (SSSR count). The van der Waals surface area contributed by atoms with Gasteiger partial charge < -0.3 is 159 Å². The van der Waals surface area contributed by atoms with Crippen LogP contribution in [0.3, 0.4) is 0 Å². The van der Waals surface area contributed by atoms with Crippen LogP contribution < -0.4 is 0 Å². The Morgan fingerprint density at radius 2 is 0.771 bits per heavy atom. The van der Waals surface area contributed by atoms with Crippen molar-refractivity contribution in [1.29, 1.82) is 0 Å². The van der Waals surface area contributed by atoms with Crippen molar-refractivity contribution < 1.29 is 159 Å². The number of rotatable bonds is 21. The monoisotopic (exact) mass is 1030 g/mol. The van der Waals surface area contributed by atoms with E-state index in [1.54, 1.807) is 0 Å². The lowest BCUT2D eigenvalue weighted by molar-refractivity contribution is -0.378. The van der Waals surface area contributed by atoms with Gasteiger partial charge in [0.05, 0.1) is 52.9 Å². The van der Waals surface area contributed by atoms with E-state index in [0.717, 1.165) is 0 Å². The van der Waals surface area contributed by atoms with Crippen LogP contribution in [0.15, 0.2) is 0 Å². The quantitative estimate of drug-likeness (QED) is 0.0507. The summed E-state index contributed by atoms with van der Waals surface area (Å²) in [5.74, 6) is 0. The van der Waals surface area contributed by atoms with E-state index in [4.69, 9.17) is 56.8 Å². The SMILES string of the molecule is OCC(O)C(O)C(OC1OC(COC2OCC(O)C(O)C2OC2OC(CO)C(O)C2O)C(OC2OC(COC3OCC(O)C(O)C3OC3OC(CO)C(O)C3O)C(O)C(O)C2O)C(O)C1O)C(O)CO. The standard InChI is InChI=1S/C38H66O32/c39-1-9(43)17(47)29(10(44)2-40)67-36-28(58)24(54)30(16(66-36)8-62-38-32(19(49)12(46)6-60-38)70-34-26(56)21(51)14(4-42)64-34)68-35-27(57)23(53)22(52)15(65-35)7-61-37-31(18(48)11(45)5-59-37)69-33-25(55)20(50)13(3-41)63-33/h9-58H,1-8H2. The molecule has 410 valence electrons. The first-order valence-electron chi connectivity index (χ1n) is 22.2. The van der Waals surface area contributed by atoms with Gasteiger partial charge >= 0.3 is 0 Å². The van der Waals surface area contributed by atoms with E-state index in [2.05, 4.69) is 0 Å². The summed E-state index contributed by atoms with van der Waals surface area (Å²) in [7, 11) is 0. The molecule has 30 unspecified atom stereocenters. The van der Waals surface area contributed by atoms with Crippen LogP contribution in [-0.4, -0.2) is 339 Å². The second kappa shape index (κ2) is 25.5. The lowest BCUT2D eigenvalue weighted by Crippen LogP contribution is -2.66. The highest BCUT2D eigenvalue weighted by molar-refractivity contribution is 4.97. The van der Waals surface area contributed by atoms with Gasteiger partial charge in [-0.3, -0.25) is 0 Å². The molecule has 20 N–H and O–H groups in total. The van der Waals surface area contributed by atoms with Crippen LogP contribution in [0.5, 0.6) is 0 Å². The summed E-state index contributed by atoms with van der Waals surface area (Å²) < 4.78 is 67.4. The summed E-state index contributed by atoms with van der Waals surface area (Å²) in [6, 6.07) is 0. The Kier molecular flexibility index (Phi) is 21.1. The third-order valence-corrected chi connectivity index (χ3v) is 12.7. The Balaban J connectivity index is 1.21. The van der Waals surface area contributed by atoms with Gasteiger partial charge in [0.2, 0.25) is 0 Å². The minimum Gasteiger partial charge on any atom is -0.394 e. The molecule has 6 fully saturated rings. The van der Waals surface area contributed by atoms with E-state index in [1.165, 1.54) is 0 Å². The average molecular weight is 1030 g/mol. The molecule has 0 saturated carbocycles. The zero-order valence-electron chi connectivity index (χ0n) is 36.8. The lowest BCUT2D eigenvalue weighted by Gasteiger charge is -2.47. The third-order valence-electron chi connectivity index (χ3n) is 12.7. The van der Waals surface area contributed by atoms with E-state index in [-0.39, 0.29) is 0 Å². The number of hydrogen-bond donors (Lipinski definition) is 20. The maximum atomic E-state index is 11.6. The van der Waals surface area contributed by atoms with Gasteiger partial charge in [-0.25, -0.2) is 0 Å². The van der Waals surface area contributed by atoms with Crippen molar-refractivity contribution in [2.24, 2.45) is 0 Å². The smallest absolute Gasteiger partial charge is 0.187 e. The highest BCUT2D eigenvalue weighted by atomic mass is 16.8. The predicted molar refractivity (Wildman–Crippen MR) is 210 cm³/mol. The fraction of sp³-hybridized carbons (Fsp3) is 1.00. The van der Waals surface area contributed by atoms with Gasteiger partial charge in [-0.05, 0) is 0 Å². The molecule has 6 saturated heterocycles. The van der Waals surface area contributed by atoms with Gasteiger partial charge in [0, 0.05) is 0 Å². The van der Waals surface area contributed by atoms with Crippen LogP contribution in [-0.2, 0) is 56.8 Å². The molecule has 0 radical (unpaired) electrons. The van der Waals surface area contributed by atoms with Crippen molar-refractivity contribution in [2.75, 3.05) is 52.9 Å². The molecule has 0 aliphatic carbocycles. The van der Waals surface area contributed by atoms with E-state index >= 15 is 0 Å². The zero-order valence-corrected chi connectivity index (χ0v) is 36.8. The topological polar surface area (TPSA) is 515 Å². The van der Waals surface area contributed by atoms with Crippen LogP contribution in [0.2, 0.25) is 0 Å². The normalized spacial score (nSPS) is 48.9. The van der Waals surface area contributed by atoms with Crippen LogP contribution in [0.25, 0.3) is 0 Å². The number of aliphatic hydroxyl groups excluding tert-OH is 20. The molecule has 0 spiro atoms. The second-order valence-corrected chi connectivity index (χ2v) is 17.5. The van der Waals surface area contributed by atoms with Crippen molar-refractivity contribution >= 4 is 0 Å². The first-order valence-corrected chi connectivity index (χ1v) is 22.2. The average Bonchev–Trinajstić information content (AvgIpc) is 3.79. The fourth-order valence-electron chi connectivity index (χ4n) is 8.38. The van der Waals surface area contributed by atoms with Gasteiger partial charge in [0.1, 0.15) is 146 Å². The molecular formula is C38H66O32. The van der Waals surface area contributed by atoms with Crippen LogP contribution >= 0.6 is 0 Å². The molecule has 0 aromatic heterocycles. The lowest BCUT2D eigenvalue weighted by atomic mass is 9.96. The van der Waals surface area contributed by atoms with E-state index in [0.29, 0.717) is 0 Å². The molecule has 6 aliphatic rings. The van der Waals surface area contributed by atoms with Crippen LogP contribution in [0.1, 0.15) is 0 Å².